The van der Waals surface area contributed by atoms with Gasteiger partial charge in [-0.1, -0.05) is 12.1 Å². The predicted octanol–water partition coefficient (Wildman–Crippen LogP) is 2.45. The molecule has 0 aliphatic carbocycles. The molecule has 1 aromatic heterocycles. The van der Waals surface area contributed by atoms with Crippen molar-refractivity contribution in [3.05, 3.63) is 52.8 Å². The number of rotatable bonds is 4. The quantitative estimate of drug-likeness (QED) is 0.911. The number of nitriles is 1. The number of hydrogen-bond acceptors (Lipinski definition) is 3. The molecule has 1 atom stereocenters. The molecule has 0 amide bonds. The molecule has 19 heavy (non-hydrogen) atoms. The minimum Gasteiger partial charge on any atom is -0.306 e. The molecule has 0 aliphatic heterocycles. The van der Waals surface area contributed by atoms with E-state index in [2.05, 4.69) is 30.3 Å². The Morgan fingerprint density at radius 2 is 2.05 bits per heavy atom. The third-order valence-electron chi connectivity index (χ3n) is 3.48. The van der Waals surface area contributed by atoms with Gasteiger partial charge in [-0.2, -0.15) is 10.4 Å². The maximum atomic E-state index is 8.78. The van der Waals surface area contributed by atoms with Crippen molar-refractivity contribution in [1.29, 1.82) is 5.26 Å². The van der Waals surface area contributed by atoms with E-state index in [4.69, 9.17) is 5.26 Å². The molecule has 0 spiro atoms. The van der Waals surface area contributed by atoms with Crippen LogP contribution in [0.3, 0.4) is 0 Å². The molecular weight excluding hydrogens is 236 g/mol. The molecule has 4 heteroatoms. The van der Waals surface area contributed by atoms with Gasteiger partial charge < -0.3 is 5.32 Å². The zero-order chi connectivity index (χ0) is 13.8. The summed E-state index contributed by atoms with van der Waals surface area (Å²) in [5.74, 6) is 0. The van der Waals surface area contributed by atoms with Crippen molar-refractivity contribution < 1.29 is 0 Å². The zero-order valence-electron chi connectivity index (χ0n) is 11.5. The van der Waals surface area contributed by atoms with Crippen LogP contribution in [0.2, 0.25) is 0 Å². The molecule has 0 saturated carbocycles. The molecule has 4 nitrogen and oxygen atoms in total. The molecule has 0 saturated heterocycles. The normalized spacial score (nSPS) is 12.1. The standard InChI is InChI=1S/C15H18N4/c1-11(14-6-4-13(8-16)5-7-14)17-9-15-10-18-19(3)12(15)2/h4-7,10-11,17H,9H2,1-3H3. The maximum absolute atomic E-state index is 8.78. The van der Waals surface area contributed by atoms with Crippen LogP contribution in [-0.4, -0.2) is 9.78 Å². The Labute approximate surface area is 113 Å². The minimum absolute atomic E-state index is 0.243. The van der Waals surface area contributed by atoms with Crippen LogP contribution in [-0.2, 0) is 13.6 Å². The van der Waals surface area contributed by atoms with Crippen LogP contribution in [0.5, 0.6) is 0 Å². The number of aryl methyl sites for hydroxylation is 1. The highest BCUT2D eigenvalue weighted by atomic mass is 15.3. The van der Waals surface area contributed by atoms with Gasteiger partial charge in [0.05, 0.1) is 17.8 Å². The lowest BCUT2D eigenvalue weighted by Crippen LogP contribution is -2.18. The van der Waals surface area contributed by atoms with E-state index in [1.165, 1.54) is 16.8 Å². The summed E-state index contributed by atoms with van der Waals surface area (Å²) in [4.78, 5) is 0. The first-order valence-electron chi connectivity index (χ1n) is 6.32. The van der Waals surface area contributed by atoms with E-state index in [9.17, 15) is 0 Å². The second-order valence-electron chi connectivity index (χ2n) is 4.72. The van der Waals surface area contributed by atoms with Crippen molar-refractivity contribution in [3.63, 3.8) is 0 Å². The molecule has 0 radical (unpaired) electrons. The molecular formula is C15H18N4. The third kappa shape index (κ3) is 3.01. The largest absolute Gasteiger partial charge is 0.306 e. The van der Waals surface area contributed by atoms with Crippen molar-refractivity contribution in [3.8, 4) is 6.07 Å². The first kappa shape index (κ1) is 13.3. The number of aromatic nitrogens is 2. The Morgan fingerprint density at radius 3 is 2.58 bits per heavy atom. The summed E-state index contributed by atoms with van der Waals surface area (Å²) in [5, 5.41) is 16.5. The van der Waals surface area contributed by atoms with E-state index >= 15 is 0 Å². The zero-order valence-corrected chi connectivity index (χ0v) is 11.5. The Kier molecular flexibility index (Phi) is 3.98. The summed E-state index contributed by atoms with van der Waals surface area (Å²) < 4.78 is 1.88. The Morgan fingerprint density at radius 1 is 1.37 bits per heavy atom. The second kappa shape index (κ2) is 5.68. The first-order chi connectivity index (χ1) is 9.11. The van der Waals surface area contributed by atoms with Crippen LogP contribution in [0.25, 0.3) is 0 Å². The highest BCUT2D eigenvalue weighted by Gasteiger charge is 2.07. The Hall–Kier alpha value is -2.12. The van der Waals surface area contributed by atoms with Gasteiger partial charge in [0.1, 0.15) is 0 Å². The number of benzene rings is 1. The van der Waals surface area contributed by atoms with Gasteiger partial charge in [0.25, 0.3) is 0 Å². The molecule has 1 heterocycles. The Balaban J connectivity index is 1.99. The fourth-order valence-electron chi connectivity index (χ4n) is 1.94. The number of hydrogen-bond donors (Lipinski definition) is 1. The molecule has 1 aromatic carbocycles. The van der Waals surface area contributed by atoms with Gasteiger partial charge in [0.15, 0.2) is 0 Å². The third-order valence-corrected chi connectivity index (χ3v) is 3.48. The lowest BCUT2D eigenvalue weighted by Gasteiger charge is -2.14. The molecule has 1 N–H and O–H groups in total. The second-order valence-corrected chi connectivity index (χ2v) is 4.72. The van der Waals surface area contributed by atoms with E-state index in [0.717, 1.165) is 6.54 Å². The van der Waals surface area contributed by atoms with Gasteiger partial charge in [-0.3, -0.25) is 4.68 Å². The lowest BCUT2D eigenvalue weighted by molar-refractivity contribution is 0.572. The molecule has 0 bridgehead atoms. The molecule has 98 valence electrons. The van der Waals surface area contributed by atoms with Crippen LogP contribution in [0.15, 0.2) is 30.5 Å². The van der Waals surface area contributed by atoms with E-state index in [1.807, 2.05) is 42.2 Å². The Bertz CT molecular complexity index is 590. The lowest BCUT2D eigenvalue weighted by atomic mass is 10.1. The average Bonchev–Trinajstić information content (AvgIpc) is 2.76. The topological polar surface area (TPSA) is 53.6 Å². The van der Waals surface area contributed by atoms with Gasteiger partial charge in [0, 0.05) is 30.9 Å². The molecule has 2 aromatic rings. The van der Waals surface area contributed by atoms with Crippen LogP contribution >= 0.6 is 0 Å². The number of nitrogens with one attached hydrogen (secondary N) is 1. The summed E-state index contributed by atoms with van der Waals surface area (Å²) in [5.41, 5.74) is 4.27. The van der Waals surface area contributed by atoms with Crippen molar-refractivity contribution in [2.45, 2.75) is 26.4 Å². The molecule has 0 fully saturated rings. The SMILES string of the molecule is Cc1c(CNC(C)c2ccc(C#N)cc2)cnn1C. The minimum atomic E-state index is 0.243. The smallest absolute Gasteiger partial charge is 0.0991 e. The summed E-state index contributed by atoms with van der Waals surface area (Å²) in [6.07, 6.45) is 1.90. The van der Waals surface area contributed by atoms with Crippen LogP contribution < -0.4 is 5.32 Å². The van der Waals surface area contributed by atoms with Gasteiger partial charge >= 0.3 is 0 Å². The van der Waals surface area contributed by atoms with Crippen LogP contribution in [0.4, 0.5) is 0 Å². The van der Waals surface area contributed by atoms with Crippen LogP contribution in [0.1, 0.15) is 35.3 Å². The fraction of sp³-hybridized carbons (Fsp3) is 0.333. The molecule has 2 rings (SSSR count). The summed E-state index contributed by atoms with van der Waals surface area (Å²) in [7, 11) is 1.95. The molecule has 0 aliphatic rings. The monoisotopic (exact) mass is 254 g/mol. The van der Waals surface area contributed by atoms with Gasteiger partial charge in [0.2, 0.25) is 0 Å². The highest BCUT2D eigenvalue weighted by Crippen LogP contribution is 2.14. The van der Waals surface area contributed by atoms with E-state index < -0.39 is 0 Å². The summed E-state index contributed by atoms with van der Waals surface area (Å²) in [6.45, 7) is 4.98. The maximum Gasteiger partial charge on any atom is 0.0991 e. The van der Waals surface area contributed by atoms with Gasteiger partial charge in [-0.15, -0.1) is 0 Å². The fourth-order valence-corrected chi connectivity index (χ4v) is 1.94. The molecule has 1 unspecified atom stereocenters. The van der Waals surface area contributed by atoms with Gasteiger partial charge in [-0.05, 0) is 31.5 Å². The van der Waals surface area contributed by atoms with Crippen LogP contribution in [0, 0.1) is 18.3 Å². The summed E-state index contributed by atoms with van der Waals surface area (Å²) >= 11 is 0. The predicted molar refractivity (Wildman–Crippen MR) is 74.4 cm³/mol. The van der Waals surface area contributed by atoms with E-state index in [1.54, 1.807) is 0 Å². The van der Waals surface area contributed by atoms with Crippen molar-refractivity contribution in [2.75, 3.05) is 0 Å². The van der Waals surface area contributed by atoms with Crippen molar-refractivity contribution in [2.24, 2.45) is 7.05 Å². The van der Waals surface area contributed by atoms with Crippen molar-refractivity contribution >= 4 is 0 Å². The first-order valence-corrected chi connectivity index (χ1v) is 6.32. The highest BCUT2D eigenvalue weighted by molar-refractivity contribution is 5.32. The summed E-state index contributed by atoms with van der Waals surface area (Å²) in [6, 6.07) is 10.1. The van der Waals surface area contributed by atoms with Crippen molar-refractivity contribution in [1.82, 2.24) is 15.1 Å². The average molecular weight is 254 g/mol. The number of nitrogens with zero attached hydrogens (tertiary/aromatic N) is 3. The van der Waals surface area contributed by atoms with E-state index in [0.29, 0.717) is 5.56 Å². The van der Waals surface area contributed by atoms with E-state index in [-0.39, 0.29) is 6.04 Å². The van der Waals surface area contributed by atoms with Gasteiger partial charge in [-0.25, -0.2) is 0 Å².